The Morgan fingerprint density at radius 2 is 1.81 bits per heavy atom. The molecule has 160 valence electrons. The highest BCUT2D eigenvalue weighted by Gasteiger charge is 2.35. The fourth-order valence-corrected chi connectivity index (χ4v) is 4.72. The van der Waals surface area contributed by atoms with Crippen LogP contribution in [0.4, 0.5) is 5.82 Å². The van der Waals surface area contributed by atoms with Crippen molar-refractivity contribution in [2.24, 2.45) is 5.14 Å². The van der Waals surface area contributed by atoms with Crippen LogP contribution in [0.1, 0.15) is 21.3 Å². The number of carbonyl (C=O) groups is 2. The highest BCUT2D eigenvalue weighted by Crippen LogP contribution is 2.37. The Labute approximate surface area is 182 Å². The molecule has 0 radical (unpaired) electrons. The summed E-state index contributed by atoms with van der Waals surface area (Å²) in [6.07, 6.45) is 1.28. The Morgan fingerprint density at radius 3 is 2.45 bits per heavy atom. The van der Waals surface area contributed by atoms with Crippen LogP contribution in [0.3, 0.4) is 0 Å². The molecule has 4 rings (SSSR count). The maximum absolute atomic E-state index is 12.8. The van der Waals surface area contributed by atoms with E-state index in [1.54, 1.807) is 0 Å². The number of hydrogen-bond acceptors (Lipinski definition) is 7. The first-order valence-electron chi connectivity index (χ1n) is 9.02. The van der Waals surface area contributed by atoms with Gasteiger partial charge in [0.05, 0.1) is 22.5 Å². The van der Waals surface area contributed by atoms with Gasteiger partial charge in [-0.2, -0.15) is 5.10 Å². The van der Waals surface area contributed by atoms with Gasteiger partial charge >= 0.3 is 0 Å². The van der Waals surface area contributed by atoms with Gasteiger partial charge in [-0.3, -0.25) is 15.0 Å². The number of nitrogens with two attached hydrogens (primary N) is 2. The summed E-state index contributed by atoms with van der Waals surface area (Å²) < 4.78 is 24.1. The van der Waals surface area contributed by atoms with Gasteiger partial charge in [-0.05, 0) is 29.8 Å². The van der Waals surface area contributed by atoms with E-state index in [0.29, 0.717) is 5.69 Å². The van der Waals surface area contributed by atoms with Crippen LogP contribution in [0.15, 0.2) is 65.7 Å². The van der Waals surface area contributed by atoms with E-state index in [1.807, 2.05) is 30.3 Å². The largest absolute Gasteiger partial charge is 0.383 e. The monoisotopic (exact) mass is 458 g/mol. The molecule has 1 saturated heterocycles. The Morgan fingerprint density at radius 1 is 1.13 bits per heavy atom. The topological polar surface area (TPSA) is 153 Å². The molecule has 2 heterocycles. The van der Waals surface area contributed by atoms with Gasteiger partial charge in [0, 0.05) is 0 Å². The van der Waals surface area contributed by atoms with E-state index >= 15 is 0 Å². The molecule has 1 aliphatic heterocycles. The van der Waals surface area contributed by atoms with Crippen molar-refractivity contribution in [2.45, 2.75) is 10.3 Å². The molecule has 2 aromatic carbocycles. The van der Waals surface area contributed by atoms with Gasteiger partial charge in [0.15, 0.2) is 0 Å². The zero-order valence-electron chi connectivity index (χ0n) is 16.0. The second-order valence-electron chi connectivity index (χ2n) is 6.67. The van der Waals surface area contributed by atoms with E-state index in [9.17, 15) is 18.0 Å². The number of rotatable bonds is 5. The van der Waals surface area contributed by atoms with Crippen molar-refractivity contribution >= 4 is 39.4 Å². The van der Waals surface area contributed by atoms with Crippen molar-refractivity contribution in [3.63, 3.8) is 0 Å². The lowest BCUT2D eigenvalue weighted by atomic mass is 10.2. The molecule has 12 heteroatoms. The minimum absolute atomic E-state index is 0.0383. The van der Waals surface area contributed by atoms with Gasteiger partial charge in [-0.1, -0.05) is 30.3 Å². The number of thioether (sulfide) groups is 1. The second-order valence-corrected chi connectivity index (χ2v) is 9.30. The summed E-state index contributed by atoms with van der Waals surface area (Å²) >= 11 is 1.41. The lowest BCUT2D eigenvalue weighted by molar-refractivity contribution is -0.130. The minimum atomic E-state index is -3.83. The molecule has 3 aromatic rings. The number of nitrogen functional groups attached to an aromatic ring is 1. The molecule has 2 amide bonds. The van der Waals surface area contributed by atoms with Gasteiger partial charge < -0.3 is 5.73 Å². The highest BCUT2D eigenvalue weighted by molar-refractivity contribution is 8.00. The van der Waals surface area contributed by atoms with Crippen LogP contribution >= 0.6 is 11.8 Å². The third-order valence-corrected chi connectivity index (χ3v) is 6.78. The van der Waals surface area contributed by atoms with Crippen molar-refractivity contribution in [2.75, 3.05) is 11.5 Å². The molecule has 10 nitrogen and oxygen atoms in total. The summed E-state index contributed by atoms with van der Waals surface area (Å²) in [4.78, 5) is 25.1. The molecule has 1 unspecified atom stereocenters. The normalized spacial score (nSPS) is 16.5. The predicted molar refractivity (Wildman–Crippen MR) is 115 cm³/mol. The van der Waals surface area contributed by atoms with E-state index < -0.39 is 15.9 Å². The van der Waals surface area contributed by atoms with Crippen molar-refractivity contribution < 1.29 is 18.0 Å². The van der Waals surface area contributed by atoms with Crippen molar-refractivity contribution in [3.8, 4) is 5.69 Å². The number of hydrogen-bond donors (Lipinski definition) is 3. The van der Waals surface area contributed by atoms with E-state index in [2.05, 4.69) is 10.5 Å². The van der Waals surface area contributed by atoms with Crippen molar-refractivity contribution in [3.05, 3.63) is 71.9 Å². The number of primary sulfonamides is 1. The average Bonchev–Trinajstić information content (AvgIpc) is 3.31. The number of anilines is 1. The lowest BCUT2D eigenvalue weighted by Gasteiger charge is -2.24. The fraction of sp³-hybridized carbons (Fsp3) is 0.105. The van der Waals surface area contributed by atoms with Crippen LogP contribution in [-0.4, -0.2) is 40.8 Å². The second kappa shape index (κ2) is 8.06. The van der Waals surface area contributed by atoms with E-state index in [1.165, 1.54) is 51.9 Å². The number of hydrazine groups is 1. The Bertz CT molecular complexity index is 1240. The van der Waals surface area contributed by atoms with Gasteiger partial charge in [0.1, 0.15) is 16.8 Å². The SMILES string of the molecule is Nc1c(C(=O)NN2C(=O)CSC2c2ccccc2)cnn1-c1ccc(S(N)(=O)=O)cc1. The van der Waals surface area contributed by atoms with Crippen LogP contribution < -0.4 is 16.3 Å². The lowest BCUT2D eigenvalue weighted by Crippen LogP contribution is -2.44. The summed E-state index contributed by atoms with van der Waals surface area (Å²) in [5, 5.41) is 10.2. The molecule has 0 spiro atoms. The van der Waals surface area contributed by atoms with Crippen LogP contribution in [-0.2, 0) is 14.8 Å². The highest BCUT2D eigenvalue weighted by atomic mass is 32.2. The number of aromatic nitrogens is 2. The zero-order valence-corrected chi connectivity index (χ0v) is 17.6. The number of sulfonamides is 1. The first kappa shape index (κ1) is 20.9. The summed E-state index contributed by atoms with van der Waals surface area (Å²) in [6, 6.07) is 14.9. The number of benzene rings is 2. The van der Waals surface area contributed by atoms with Crippen LogP contribution in [0.2, 0.25) is 0 Å². The van der Waals surface area contributed by atoms with E-state index in [0.717, 1.165) is 5.56 Å². The smallest absolute Gasteiger partial charge is 0.275 e. The molecule has 1 aromatic heterocycles. The zero-order chi connectivity index (χ0) is 22.2. The summed E-state index contributed by atoms with van der Waals surface area (Å²) in [6.45, 7) is 0. The third-order valence-electron chi connectivity index (χ3n) is 4.64. The molecule has 5 N–H and O–H groups in total. The molecular formula is C19H18N6O4S2. The standard InChI is InChI=1S/C19H18N6O4S2/c20-17-15(10-22-24(17)13-6-8-14(9-7-13)31(21,28)29)18(27)23-25-16(26)11-30-19(25)12-4-2-1-3-5-12/h1-10,19H,11,20H2,(H,23,27)(H2,21,28,29). The molecule has 1 aliphatic rings. The molecule has 0 saturated carbocycles. The summed E-state index contributed by atoms with van der Waals surface area (Å²) in [7, 11) is -3.83. The quantitative estimate of drug-likeness (QED) is 0.516. The first-order chi connectivity index (χ1) is 14.8. The number of amides is 2. The van der Waals surface area contributed by atoms with E-state index in [4.69, 9.17) is 10.9 Å². The van der Waals surface area contributed by atoms with Crippen LogP contribution in [0.25, 0.3) is 5.69 Å². The average molecular weight is 459 g/mol. The van der Waals surface area contributed by atoms with Crippen LogP contribution in [0.5, 0.6) is 0 Å². The number of nitrogens with one attached hydrogen (secondary N) is 1. The first-order valence-corrected chi connectivity index (χ1v) is 11.6. The van der Waals surface area contributed by atoms with E-state index in [-0.39, 0.29) is 33.3 Å². The third kappa shape index (κ3) is 4.13. The maximum Gasteiger partial charge on any atom is 0.275 e. The molecule has 1 fully saturated rings. The van der Waals surface area contributed by atoms with Gasteiger partial charge in [-0.25, -0.2) is 23.2 Å². The Kier molecular flexibility index (Phi) is 5.43. The molecule has 1 atom stereocenters. The Hall–Kier alpha value is -3.35. The van der Waals surface area contributed by atoms with Gasteiger partial charge in [0.2, 0.25) is 10.0 Å². The van der Waals surface area contributed by atoms with Crippen molar-refractivity contribution in [1.29, 1.82) is 0 Å². The van der Waals surface area contributed by atoms with Crippen LogP contribution in [0, 0.1) is 0 Å². The Balaban J connectivity index is 1.56. The van der Waals surface area contributed by atoms with Gasteiger partial charge in [0.25, 0.3) is 11.8 Å². The minimum Gasteiger partial charge on any atom is -0.383 e. The fourth-order valence-electron chi connectivity index (χ4n) is 3.09. The van der Waals surface area contributed by atoms with Crippen molar-refractivity contribution in [1.82, 2.24) is 20.2 Å². The molecule has 31 heavy (non-hydrogen) atoms. The number of carbonyl (C=O) groups excluding carboxylic acids is 2. The summed E-state index contributed by atoms with van der Waals surface area (Å²) in [5.74, 6) is -0.528. The maximum atomic E-state index is 12.8. The predicted octanol–water partition coefficient (Wildman–Crippen LogP) is 1.02. The summed E-state index contributed by atoms with van der Waals surface area (Å²) in [5.41, 5.74) is 10.1. The molecule has 0 aliphatic carbocycles. The van der Waals surface area contributed by atoms with Gasteiger partial charge in [-0.15, -0.1) is 11.8 Å². The number of nitrogens with zero attached hydrogens (tertiary/aromatic N) is 3. The molecular weight excluding hydrogens is 440 g/mol. The molecule has 0 bridgehead atoms.